The van der Waals surface area contributed by atoms with E-state index < -0.39 is 0 Å². The van der Waals surface area contributed by atoms with E-state index >= 15 is 0 Å². The summed E-state index contributed by atoms with van der Waals surface area (Å²) in [5.74, 6) is 1.35. The maximum atomic E-state index is 9.99. The minimum absolute atomic E-state index is 0.0335. The van der Waals surface area contributed by atoms with Crippen LogP contribution in [0.3, 0.4) is 0 Å². The van der Waals surface area contributed by atoms with Crippen LogP contribution >= 0.6 is 0 Å². The van der Waals surface area contributed by atoms with Gasteiger partial charge in [0.1, 0.15) is 17.6 Å². The van der Waals surface area contributed by atoms with Crippen LogP contribution in [0.4, 0.5) is 0 Å². The predicted molar refractivity (Wildman–Crippen MR) is 74.1 cm³/mol. The maximum Gasteiger partial charge on any atom is 0.261 e. The van der Waals surface area contributed by atoms with Crippen LogP contribution in [0.15, 0.2) is 22.7 Å². The summed E-state index contributed by atoms with van der Waals surface area (Å²) >= 11 is 0. The second-order valence-corrected chi connectivity index (χ2v) is 4.96. The fourth-order valence-electron chi connectivity index (χ4n) is 2.23. The van der Waals surface area contributed by atoms with Gasteiger partial charge in [0, 0.05) is 19.2 Å². The minimum Gasteiger partial charge on any atom is -0.507 e. The normalized spacial score (nSPS) is 19.6. The molecule has 2 aromatic rings. The number of ether oxygens (including phenoxy) is 2. The van der Waals surface area contributed by atoms with E-state index in [2.05, 4.69) is 15.0 Å². The molecule has 0 amide bonds. The summed E-state index contributed by atoms with van der Waals surface area (Å²) in [6.07, 6.45) is -0.207. The van der Waals surface area contributed by atoms with Gasteiger partial charge in [-0.05, 0) is 19.2 Å². The van der Waals surface area contributed by atoms with Crippen molar-refractivity contribution in [3.63, 3.8) is 0 Å². The molecule has 112 valence electrons. The van der Waals surface area contributed by atoms with E-state index in [1.54, 1.807) is 12.1 Å². The summed E-state index contributed by atoms with van der Waals surface area (Å²) in [5.41, 5.74) is 0.471. The molecule has 0 bridgehead atoms. The number of aromatic hydroxyl groups is 1. The zero-order chi connectivity index (χ0) is 14.8. The average molecular weight is 291 g/mol. The molecule has 1 N–H and O–H groups in total. The third-order valence-electron chi connectivity index (χ3n) is 3.43. The third kappa shape index (κ3) is 2.84. The lowest BCUT2D eigenvalue weighted by Gasteiger charge is -2.27. The minimum atomic E-state index is -0.207. The van der Waals surface area contributed by atoms with Gasteiger partial charge in [0.25, 0.3) is 5.89 Å². The first-order chi connectivity index (χ1) is 10.2. The van der Waals surface area contributed by atoms with Crippen LogP contribution in [-0.2, 0) is 4.74 Å². The molecule has 0 radical (unpaired) electrons. The lowest BCUT2D eigenvalue weighted by Crippen LogP contribution is -2.35. The summed E-state index contributed by atoms with van der Waals surface area (Å²) in [7, 11) is 3.56. The zero-order valence-corrected chi connectivity index (χ0v) is 11.9. The van der Waals surface area contributed by atoms with Gasteiger partial charge in [-0.2, -0.15) is 4.98 Å². The van der Waals surface area contributed by atoms with Crippen molar-refractivity contribution >= 4 is 0 Å². The number of methoxy groups -OCH3 is 1. The Labute approximate surface area is 122 Å². The molecule has 1 aromatic carbocycles. The van der Waals surface area contributed by atoms with Gasteiger partial charge in [0.15, 0.2) is 0 Å². The molecule has 0 saturated carbocycles. The number of phenolic OH excluding ortho intramolecular Hbond substituents is 1. The first-order valence-corrected chi connectivity index (χ1v) is 6.68. The number of phenols is 1. The fourth-order valence-corrected chi connectivity index (χ4v) is 2.23. The highest BCUT2D eigenvalue weighted by molar-refractivity contribution is 5.63. The van der Waals surface area contributed by atoms with Crippen molar-refractivity contribution in [2.45, 2.75) is 6.10 Å². The van der Waals surface area contributed by atoms with E-state index in [9.17, 15) is 5.11 Å². The summed E-state index contributed by atoms with van der Waals surface area (Å²) in [4.78, 5) is 6.47. The van der Waals surface area contributed by atoms with Crippen molar-refractivity contribution in [2.24, 2.45) is 0 Å². The van der Waals surface area contributed by atoms with E-state index in [0.717, 1.165) is 6.54 Å². The number of aromatic nitrogens is 2. The van der Waals surface area contributed by atoms with Gasteiger partial charge in [0.05, 0.1) is 19.3 Å². The number of benzene rings is 1. The monoisotopic (exact) mass is 291 g/mol. The lowest BCUT2D eigenvalue weighted by atomic mass is 10.2. The maximum absolute atomic E-state index is 9.99. The van der Waals surface area contributed by atoms with Crippen LogP contribution in [0, 0.1) is 0 Å². The third-order valence-corrected chi connectivity index (χ3v) is 3.43. The number of rotatable bonds is 3. The van der Waals surface area contributed by atoms with E-state index in [1.165, 1.54) is 13.2 Å². The van der Waals surface area contributed by atoms with Gasteiger partial charge in [0.2, 0.25) is 5.82 Å². The van der Waals surface area contributed by atoms with Gasteiger partial charge < -0.3 is 24.0 Å². The number of morpholine rings is 1. The van der Waals surface area contributed by atoms with Crippen LogP contribution in [0.25, 0.3) is 11.5 Å². The fraction of sp³-hybridized carbons (Fsp3) is 0.429. The quantitative estimate of drug-likeness (QED) is 0.916. The Balaban J connectivity index is 1.84. The molecule has 1 aliphatic heterocycles. The Kier molecular flexibility index (Phi) is 3.76. The predicted octanol–water partition coefficient (Wildman–Crippen LogP) is 1.45. The molecule has 1 aliphatic rings. The smallest absolute Gasteiger partial charge is 0.261 e. The van der Waals surface area contributed by atoms with Crippen molar-refractivity contribution in [1.82, 2.24) is 15.0 Å². The number of likely N-dealkylation sites (N-methyl/N-ethyl adjacent to an activating group) is 1. The summed E-state index contributed by atoms with van der Waals surface area (Å²) in [6.45, 7) is 2.24. The second kappa shape index (κ2) is 5.71. The zero-order valence-electron chi connectivity index (χ0n) is 11.9. The van der Waals surface area contributed by atoms with Crippen LogP contribution in [-0.4, -0.2) is 54.0 Å². The molecule has 21 heavy (non-hydrogen) atoms. The Morgan fingerprint density at radius 1 is 1.43 bits per heavy atom. The SMILES string of the molecule is COc1ccc(-c2nc(C3CN(C)CCO3)no2)c(O)c1. The standard InChI is InChI=1S/C14H17N3O4/c1-17-5-6-20-12(8-17)13-15-14(21-16-13)10-4-3-9(19-2)7-11(10)18/h3-4,7,12,18H,5-6,8H2,1-2H3. The number of nitrogens with zero attached hydrogens (tertiary/aromatic N) is 3. The van der Waals surface area contributed by atoms with Crippen LogP contribution < -0.4 is 4.74 Å². The van der Waals surface area contributed by atoms with E-state index in [0.29, 0.717) is 30.3 Å². The van der Waals surface area contributed by atoms with E-state index in [4.69, 9.17) is 14.0 Å². The Morgan fingerprint density at radius 2 is 2.29 bits per heavy atom. The average Bonchev–Trinajstić information content (AvgIpc) is 2.96. The van der Waals surface area contributed by atoms with Crippen molar-refractivity contribution in [3.8, 4) is 23.0 Å². The summed E-state index contributed by atoms with van der Waals surface area (Å²) in [5, 5.41) is 13.9. The van der Waals surface area contributed by atoms with Gasteiger partial charge in [-0.1, -0.05) is 5.16 Å². The molecular weight excluding hydrogens is 274 g/mol. The molecule has 1 atom stereocenters. The number of hydrogen-bond donors (Lipinski definition) is 1. The van der Waals surface area contributed by atoms with E-state index in [1.807, 2.05) is 7.05 Å². The Bertz CT molecular complexity index is 628. The van der Waals surface area contributed by atoms with Crippen molar-refractivity contribution in [3.05, 3.63) is 24.0 Å². The van der Waals surface area contributed by atoms with Crippen molar-refractivity contribution in [1.29, 1.82) is 0 Å². The molecule has 0 spiro atoms. The second-order valence-electron chi connectivity index (χ2n) is 4.96. The molecule has 1 aromatic heterocycles. The molecule has 1 fully saturated rings. The summed E-state index contributed by atoms with van der Waals surface area (Å²) in [6, 6.07) is 4.91. The first-order valence-electron chi connectivity index (χ1n) is 6.68. The molecule has 2 heterocycles. The molecule has 0 aliphatic carbocycles. The highest BCUT2D eigenvalue weighted by atomic mass is 16.5. The van der Waals surface area contributed by atoms with Crippen molar-refractivity contribution < 1.29 is 19.1 Å². The Morgan fingerprint density at radius 3 is 3.00 bits per heavy atom. The molecule has 1 unspecified atom stereocenters. The van der Waals surface area contributed by atoms with Crippen LogP contribution in [0.2, 0.25) is 0 Å². The van der Waals surface area contributed by atoms with Gasteiger partial charge in [-0.3, -0.25) is 0 Å². The number of hydrogen-bond acceptors (Lipinski definition) is 7. The first kappa shape index (κ1) is 13.8. The van der Waals surface area contributed by atoms with E-state index in [-0.39, 0.29) is 17.7 Å². The lowest BCUT2D eigenvalue weighted by molar-refractivity contribution is -0.0264. The van der Waals surface area contributed by atoms with Gasteiger partial charge in [-0.15, -0.1) is 0 Å². The molecule has 7 heteroatoms. The topological polar surface area (TPSA) is 80.9 Å². The molecule has 7 nitrogen and oxygen atoms in total. The largest absolute Gasteiger partial charge is 0.507 e. The van der Waals surface area contributed by atoms with Crippen LogP contribution in [0.1, 0.15) is 11.9 Å². The molecule has 3 rings (SSSR count). The van der Waals surface area contributed by atoms with Gasteiger partial charge in [-0.25, -0.2) is 0 Å². The Hall–Kier alpha value is -2.12. The molecule has 1 saturated heterocycles. The van der Waals surface area contributed by atoms with Crippen LogP contribution in [0.5, 0.6) is 11.5 Å². The highest BCUT2D eigenvalue weighted by Crippen LogP contribution is 2.32. The highest BCUT2D eigenvalue weighted by Gasteiger charge is 2.25. The van der Waals surface area contributed by atoms with Crippen molar-refractivity contribution in [2.75, 3.05) is 33.9 Å². The molecular formula is C14H17N3O4. The van der Waals surface area contributed by atoms with Gasteiger partial charge >= 0.3 is 0 Å². The summed E-state index contributed by atoms with van der Waals surface area (Å²) < 4.78 is 15.9.